The molecular weight excluding hydrogens is 485 g/mol. The third-order valence-corrected chi connectivity index (χ3v) is 6.85. The first-order valence-corrected chi connectivity index (χ1v) is 12.4. The summed E-state index contributed by atoms with van der Waals surface area (Å²) < 4.78 is 31.0. The Morgan fingerprint density at radius 3 is 2.83 bits per heavy atom. The van der Waals surface area contributed by atoms with Crippen LogP contribution in [0, 0.1) is 5.82 Å². The number of fused-ring (bicyclic) bond motifs is 2. The van der Waals surface area contributed by atoms with Gasteiger partial charge in [0, 0.05) is 17.8 Å². The number of hydrogen-bond acceptors (Lipinski definition) is 8. The van der Waals surface area contributed by atoms with E-state index >= 15 is 4.39 Å². The molecule has 1 amide bonds. The van der Waals surface area contributed by atoms with E-state index in [0.717, 1.165) is 5.56 Å². The Morgan fingerprint density at radius 2 is 2.03 bits per heavy atom. The molecule has 0 aliphatic carbocycles. The summed E-state index contributed by atoms with van der Waals surface area (Å²) in [5, 5.41) is 5.30. The highest BCUT2D eigenvalue weighted by Crippen LogP contribution is 2.45. The molecule has 3 aliphatic heterocycles. The molecule has 8 nitrogen and oxygen atoms in total. The number of ether oxygens (including phenoxy) is 3. The van der Waals surface area contributed by atoms with Gasteiger partial charge < -0.3 is 24.4 Å². The topological polar surface area (TPSA) is 89.5 Å². The van der Waals surface area contributed by atoms with E-state index in [1.54, 1.807) is 43.0 Å². The minimum atomic E-state index is -0.805. The van der Waals surface area contributed by atoms with Crippen molar-refractivity contribution in [2.24, 2.45) is 4.99 Å². The molecule has 5 rings (SSSR count). The van der Waals surface area contributed by atoms with Gasteiger partial charge in [0.2, 0.25) is 12.7 Å². The number of hydrogen-bond donors (Lipinski definition) is 1. The minimum Gasteiger partial charge on any atom is -0.463 e. The van der Waals surface area contributed by atoms with Crippen LogP contribution in [-0.2, 0) is 20.9 Å². The highest BCUT2D eigenvalue weighted by atomic mass is 32.2. The van der Waals surface area contributed by atoms with Gasteiger partial charge in [-0.3, -0.25) is 4.79 Å². The number of aliphatic imine (C=N–C) groups is 1. The number of carbonyl (C=O) groups is 2. The molecule has 186 valence electrons. The van der Waals surface area contributed by atoms with Crippen LogP contribution in [0.25, 0.3) is 0 Å². The number of amides is 1. The van der Waals surface area contributed by atoms with Gasteiger partial charge in [0.05, 0.1) is 30.3 Å². The van der Waals surface area contributed by atoms with Crippen LogP contribution < -0.4 is 14.8 Å². The van der Waals surface area contributed by atoms with Crippen LogP contribution in [0.15, 0.2) is 69.8 Å². The van der Waals surface area contributed by atoms with Crippen LogP contribution in [0.2, 0.25) is 0 Å². The van der Waals surface area contributed by atoms with E-state index in [2.05, 4.69) is 10.3 Å². The lowest BCUT2D eigenvalue weighted by Gasteiger charge is -2.36. The van der Waals surface area contributed by atoms with Gasteiger partial charge in [0.15, 0.2) is 16.7 Å². The molecule has 2 aromatic rings. The van der Waals surface area contributed by atoms with Gasteiger partial charge in [-0.25, -0.2) is 14.2 Å². The van der Waals surface area contributed by atoms with Crippen molar-refractivity contribution in [2.45, 2.75) is 32.9 Å². The predicted molar refractivity (Wildman–Crippen MR) is 132 cm³/mol. The third-order valence-electron chi connectivity index (χ3n) is 5.96. The second kappa shape index (κ2) is 10.1. The lowest BCUT2D eigenvalue weighted by molar-refractivity contribution is -0.139. The first kappa shape index (κ1) is 23.9. The summed E-state index contributed by atoms with van der Waals surface area (Å²) in [4.78, 5) is 32.2. The van der Waals surface area contributed by atoms with E-state index in [-0.39, 0.29) is 31.3 Å². The number of nitrogens with one attached hydrogen (secondary N) is 1. The molecular formula is C26H24FN3O5S. The molecule has 3 aliphatic rings. The summed E-state index contributed by atoms with van der Waals surface area (Å²) in [6.45, 7) is 4.09. The van der Waals surface area contributed by atoms with Crippen LogP contribution in [0.4, 0.5) is 4.39 Å². The molecule has 36 heavy (non-hydrogen) atoms. The van der Waals surface area contributed by atoms with Gasteiger partial charge >= 0.3 is 5.97 Å². The number of carbonyl (C=O) groups excluding carboxylic acids is 2. The first-order valence-electron chi connectivity index (χ1n) is 11.5. The van der Waals surface area contributed by atoms with Crippen LogP contribution in [0.1, 0.15) is 37.4 Å². The quantitative estimate of drug-likeness (QED) is 0.554. The van der Waals surface area contributed by atoms with Crippen molar-refractivity contribution in [3.63, 3.8) is 0 Å². The number of nitrogens with zero attached hydrogens (tertiary/aromatic N) is 2. The maximum absolute atomic E-state index is 15.0. The van der Waals surface area contributed by atoms with Gasteiger partial charge in [0.25, 0.3) is 0 Å². The Hall–Kier alpha value is -3.79. The first-order chi connectivity index (χ1) is 17.5. The molecule has 0 saturated heterocycles. The fraction of sp³-hybridized carbons (Fsp3) is 0.269. The minimum absolute atomic E-state index is 0.0245. The summed E-state index contributed by atoms with van der Waals surface area (Å²) in [5.41, 5.74) is 2.50. The molecule has 0 spiro atoms. The molecule has 2 aromatic carbocycles. The smallest absolute Gasteiger partial charge is 0.338 e. The summed E-state index contributed by atoms with van der Waals surface area (Å²) in [5.74, 6) is 0.0794. The van der Waals surface area contributed by atoms with Gasteiger partial charge in [-0.1, -0.05) is 36.0 Å². The van der Waals surface area contributed by atoms with Crippen molar-refractivity contribution in [3.05, 3.63) is 81.8 Å². The van der Waals surface area contributed by atoms with Crippen LogP contribution in [-0.4, -0.2) is 35.3 Å². The Labute approximate surface area is 211 Å². The van der Waals surface area contributed by atoms with Crippen molar-refractivity contribution in [3.8, 4) is 11.5 Å². The van der Waals surface area contributed by atoms with Crippen molar-refractivity contribution in [1.29, 1.82) is 0 Å². The van der Waals surface area contributed by atoms with E-state index in [1.807, 2.05) is 17.5 Å². The molecule has 0 unspecified atom stereocenters. The predicted octanol–water partition coefficient (Wildman–Crippen LogP) is 4.40. The highest BCUT2D eigenvalue weighted by molar-refractivity contribution is 8.16. The number of amidine groups is 1. The Bertz CT molecular complexity index is 1320. The number of benzene rings is 2. The highest BCUT2D eigenvalue weighted by Gasteiger charge is 2.42. The molecule has 1 N–H and O–H groups in total. The van der Waals surface area contributed by atoms with Gasteiger partial charge in [-0.05, 0) is 43.0 Å². The van der Waals surface area contributed by atoms with Gasteiger partial charge in [0.1, 0.15) is 5.82 Å². The molecule has 1 atom stereocenters. The lowest BCUT2D eigenvalue weighted by atomic mass is 9.93. The standard InChI is InChI=1S/C26H24FN3O5S/c1-3-33-25(32)23-15(2)29-26-30(24(23)18-6-4-5-7-19(18)27)17(13-36-26)11-22(31)28-12-16-8-9-20-21(10-16)35-14-34-20/h4-10,13,24H,3,11-12,14H2,1-2H3,(H,28,31)/t24-/m0/s1. The van der Waals surface area contributed by atoms with Crippen LogP contribution in [0.3, 0.4) is 0 Å². The van der Waals surface area contributed by atoms with Crippen molar-refractivity contribution >= 4 is 28.8 Å². The summed E-state index contributed by atoms with van der Waals surface area (Å²) in [7, 11) is 0. The Kier molecular flexibility index (Phi) is 6.69. The summed E-state index contributed by atoms with van der Waals surface area (Å²) in [6, 6.07) is 11.0. The van der Waals surface area contributed by atoms with Crippen LogP contribution in [0.5, 0.6) is 11.5 Å². The average Bonchev–Trinajstić information content (AvgIpc) is 3.49. The monoisotopic (exact) mass is 509 g/mol. The molecule has 3 heterocycles. The zero-order valence-corrected chi connectivity index (χ0v) is 20.6. The molecule has 0 saturated carbocycles. The van der Waals surface area contributed by atoms with E-state index in [0.29, 0.717) is 40.2 Å². The van der Waals surface area contributed by atoms with Gasteiger partial charge in [-0.2, -0.15) is 0 Å². The normalized spacial score (nSPS) is 18.0. The maximum atomic E-state index is 15.0. The van der Waals surface area contributed by atoms with Crippen LogP contribution >= 0.6 is 11.8 Å². The van der Waals surface area contributed by atoms with Crippen molar-refractivity contribution < 1.29 is 28.2 Å². The average molecular weight is 510 g/mol. The zero-order chi connectivity index (χ0) is 25.2. The maximum Gasteiger partial charge on any atom is 0.338 e. The second-order valence-corrected chi connectivity index (χ2v) is 9.11. The van der Waals surface area contributed by atoms with E-state index in [9.17, 15) is 9.59 Å². The number of halogens is 1. The third kappa shape index (κ3) is 4.56. The number of allylic oxidation sites excluding steroid dienone is 1. The Balaban J connectivity index is 1.37. The summed E-state index contributed by atoms with van der Waals surface area (Å²) in [6.07, 6.45) is 0.0245. The van der Waals surface area contributed by atoms with E-state index in [1.165, 1.54) is 17.8 Å². The Morgan fingerprint density at radius 1 is 1.22 bits per heavy atom. The number of rotatable bonds is 7. The van der Waals surface area contributed by atoms with Crippen molar-refractivity contribution in [1.82, 2.24) is 10.2 Å². The number of thioether (sulfide) groups is 1. The largest absolute Gasteiger partial charge is 0.463 e. The van der Waals surface area contributed by atoms with Gasteiger partial charge in [-0.15, -0.1) is 0 Å². The lowest BCUT2D eigenvalue weighted by Crippen LogP contribution is -2.38. The number of esters is 1. The fourth-order valence-electron chi connectivity index (χ4n) is 4.31. The molecule has 0 fully saturated rings. The molecule has 0 bridgehead atoms. The van der Waals surface area contributed by atoms with E-state index < -0.39 is 17.8 Å². The SMILES string of the molecule is CCOC(=O)C1=C(C)N=C2SC=C(CC(=O)NCc3ccc4c(c3)OCO4)N2[C@H]1c1ccccc1F. The molecule has 10 heteroatoms. The van der Waals surface area contributed by atoms with E-state index in [4.69, 9.17) is 14.2 Å². The zero-order valence-electron chi connectivity index (χ0n) is 19.7. The molecule has 0 aromatic heterocycles. The summed E-state index contributed by atoms with van der Waals surface area (Å²) >= 11 is 1.33. The fourth-order valence-corrected chi connectivity index (χ4v) is 5.27. The second-order valence-electron chi connectivity index (χ2n) is 8.28. The van der Waals surface area contributed by atoms with Crippen molar-refractivity contribution in [2.75, 3.05) is 13.4 Å². The molecule has 0 radical (unpaired) electrons.